The summed E-state index contributed by atoms with van der Waals surface area (Å²) in [5.41, 5.74) is 0. The van der Waals surface area contributed by atoms with Gasteiger partial charge in [0.2, 0.25) is 0 Å². The molecule has 0 bridgehead atoms. The molecule has 0 saturated heterocycles. The van der Waals surface area contributed by atoms with E-state index in [0.717, 1.165) is 0 Å². The van der Waals surface area contributed by atoms with Crippen LogP contribution in [-0.4, -0.2) is 18.4 Å². The Morgan fingerprint density at radius 2 is 1.20 bits per heavy atom. The zero-order valence-electron chi connectivity index (χ0n) is 3.99. The van der Waals surface area contributed by atoms with Crippen LogP contribution in [0.1, 0.15) is 0 Å². The van der Waals surface area contributed by atoms with Crippen LogP contribution in [0.25, 0.3) is 0 Å². The molecule has 2 N–H and O–H groups in total. The molecule has 0 fully saturated rings. The van der Waals surface area contributed by atoms with E-state index in [1.807, 2.05) is 0 Å². The van der Waals surface area contributed by atoms with E-state index in [0.29, 0.717) is 0 Å². The van der Waals surface area contributed by atoms with Crippen LogP contribution in [0.15, 0.2) is 0 Å². The van der Waals surface area contributed by atoms with Crippen molar-refractivity contribution in [2.24, 2.45) is 0 Å². The van der Waals surface area contributed by atoms with Gasteiger partial charge in [0.05, 0.1) is 5.09 Å². The van der Waals surface area contributed by atoms with Crippen LogP contribution in [0.3, 0.4) is 0 Å². The zero-order chi connectivity index (χ0) is 7.15. The van der Waals surface area contributed by atoms with Crippen molar-refractivity contribution in [3.05, 3.63) is 15.3 Å². The molecule has 0 heterocycles. The van der Waals surface area contributed by atoms with Gasteiger partial charge in [-0.05, 0) is 0 Å². The number of rotatable bonds is 0. The maximum absolute atomic E-state index is 8.67. The van der Waals surface area contributed by atoms with E-state index < -0.39 is 16.4 Å². The van der Waals surface area contributed by atoms with Gasteiger partial charge in [0.15, 0.2) is 0 Å². The average Bonchev–Trinajstić information content (AvgIpc) is 1.25. The molecule has 10 heavy (non-hydrogen) atoms. The van der Waals surface area contributed by atoms with Gasteiger partial charge in [-0.2, -0.15) is 4.21 Å². The molecule has 7 nitrogen and oxygen atoms in total. The molecule has 0 unspecified atom stereocenters. The van der Waals surface area contributed by atoms with E-state index in [-0.39, 0.29) is 34.1 Å². The van der Waals surface area contributed by atoms with Crippen molar-refractivity contribution in [1.29, 1.82) is 0 Å². The maximum atomic E-state index is 8.67. The predicted octanol–water partition coefficient (Wildman–Crippen LogP) is -0.563. The summed E-state index contributed by atoms with van der Waals surface area (Å²) in [6.07, 6.45) is 0. The molecule has 0 aliphatic heterocycles. The molecule has 72 valence electrons. The molecule has 0 atom stereocenters. The summed E-state index contributed by atoms with van der Waals surface area (Å²) in [5.74, 6) is 0. The molecule has 0 aliphatic rings. The van der Waals surface area contributed by atoms with Crippen molar-refractivity contribution in [1.82, 2.24) is 0 Å². The Hall–Kier alpha value is 0.309. The maximum Gasteiger partial charge on any atom is 0.299 e. The summed E-state index contributed by atoms with van der Waals surface area (Å²) < 4.78 is 22.8. The third-order valence-electron chi connectivity index (χ3n) is 0. The molecule has 0 aliphatic carbocycles. The first-order valence-electron chi connectivity index (χ1n) is 1.08. The molecular weight excluding hydrogens is 269 g/mol. The van der Waals surface area contributed by atoms with Crippen molar-refractivity contribution >= 4 is 11.4 Å². The van der Waals surface area contributed by atoms with Gasteiger partial charge in [-0.15, -0.1) is 0 Å². The van der Waals surface area contributed by atoms with Gasteiger partial charge < -0.3 is 15.3 Å². The Balaban J connectivity index is -0.0000000300. The second-order valence-electron chi connectivity index (χ2n) is 0.454. The van der Waals surface area contributed by atoms with Crippen molar-refractivity contribution in [2.45, 2.75) is 0 Å². The van der Waals surface area contributed by atoms with Crippen LogP contribution < -0.4 is 0 Å². The van der Waals surface area contributed by atoms with Gasteiger partial charge in [-0.3, -0.25) is 9.11 Å². The first-order chi connectivity index (χ1) is 3.46. The fraction of sp³-hybridized carbons (Fsp3) is 0. The van der Waals surface area contributed by atoms with Crippen molar-refractivity contribution < 1.29 is 52.5 Å². The van der Waals surface area contributed by atoms with E-state index in [1.165, 1.54) is 0 Å². The zero-order valence-corrected chi connectivity index (χ0v) is 6.69. The molecule has 0 spiro atoms. The van der Waals surface area contributed by atoms with Crippen molar-refractivity contribution in [2.75, 3.05) is 0 Å². The molecule has 0 aromatic rings. The van der Waals surface area contributed by atoms with Gasteiger partial charge in [0, 0.05) is 34.1 Å². The number of hydrogen-bond donors (Lipinski definition) is 2. The van der Waals surface area contributed by atoms with Gasteiger partial charge in [0.25, 0.3) is 11.4 Å². The van der Waals surface area contributed by atoms with Crippen LogP contribution in [0.5, 0.6) is 0 Å². The van der Waals surface area contributed by atoms with E-state index >= 15 is 0 Å². The Labute approximate surface area is 79.4 Å². The van der Waals surface area contributed by atoms with Crippen LogP contribution in [-0.2, 0) is 45.5 Å². The SMILES string of the molecule is O=S(O)O.O=[N+]([O-])[O-].[Cu].[Cu]. The standard InChI is InChI=1S/2Cu.NO3.H2O3S/c;;2-1(3)4;1-4(2)3/h;;;(H2,1,2,3)/q;;-1;. The Morgan fingerprint density at radius 3 is 1.20 bits per heavy atom. The molecule has 0 aromatic carbocycles. The average molecular weight is 271 g/mol. The van der Waals surface area contributed by atoms with Gasteiger partial charge in [-0.25, -0.2) is 0 Å². The third-order valence-corrected chi connectivity index (χ3v) is 0. The molecular formula is H2Cu2NO6S-. The van der Waals surface area contributed by atoms with Gasteiger partial charge in [-0.1, -0.05) is 0 Å². The summed E-state index contributed by atoms with van der Waals surface area (Å²) >= 11 is -2.61. The molecule has 10 heteroatoms. The minimum atomic E-state index is -2.61. The van der Waals surface area contributed by atoms with Gasteiger partial charge >= 0.3 is 0 Å². The molecule has 0 rings (SSSR count). The normalized spacial score (nSPS) is 5.90. The van der Waals surface area contributed by atoms with E-state index in [4.69, 9.17) is 28.6 Å². The topological polar surface area (TPSA) is 124 Å². The molecule has 2 radical (unpaired) electrons. The fourth-order valence-corrected chi connectivity index (χ4v) is 0. The predicted molar refractivity (Wildman–Crippen MR) is 23.8 cm³/mol. The summed E-state index contributed by atoms with van der Waals surface area (Å²) in [6, 6.07) is 0. The third kappa shape index (κ3) is 4650. The smallest absolute Gasteiger partial charge is 0.299 e. The van der Waals surface area contributed by atoms with Gasteiger partial charge in [0.1, 0.15) is 0 Å². The fourth-order valence-electron chi connectivity index (χ4n) is 0. The second-order valence-corrected chi connectivity index (χ2v) is 0.916. The Bertz CT molecular complexity index is 73.7. The minimum absolute atomic E-state index is 0. The summed E-state index contributed by atoms with van der Waals surface area (Å²) in [7, 11) is 0. The Morgan fingerprint density at radius 1 is 1.20 bits per heavy atom. The monoisotopic (exact) mass is 270 g/mol. The van der Waals surface area contributed by atoms with Crippen LogP contribution in [0, 0.1) is 15.3 Å². The largest absolute Gasteiger partial charge is 0.356 e. The van der Waals surface area contributed by atoms with Crippen molar-refractivity contribution in [3.63, 3.8) is 0 Å². The van der Waals surface area contributed by atoms with E-state index in [9.17, 15) is 0 Å². The molecule has 0 saturated carbocycles. The van der Waals surface area contributed by atoms with Crippen LogP contribution >= 0.6 is 0 Å². The van der Waals surface area contributed by atoms with Crippen molar-refractivity contribution in [3.8, 4) is 0 Å². The Kier molecular flexibility index (Phi) is 36.2. The van der Waals surface area contributed by atoms with E-state index in [1.54, 1.807) is 0 Å². The number of nitrogens with zero attached hydrogens (tertiary/aromatic N) is 1. The molecule has 0 amide bonds. The summed E-state index contributed by atoms with van der Waals surface area (Å²) in [4.78, 5) is 8.25. The minimum Gasteiger partial charge on any atom is -0.356 e. The summed E-state index contributed by atoms with van der Waals surface area (Å²) in [6.45, 7) is 0. The first kappa shape index (κ1) is 22.4. The van der Waals surface area contributed by atoms with Crippen LogP contribution in [0.2, 0.25) is 0 Å². The van der Waals surface area contributed by atoms with Crippen LogP contribution in [0.4, 0.5) is 0 Å². The second kappa shape index (κ2) is 16.1. The number of hydrogen-bond acceptors (Lipinski definition) is 4. The first-order valence-corrected chi connectivity index (χ1v) is 2.14. The van der Waals surface area contributed by atoms with E-state index in [2.05, 4.69) is 0 Å². The molecule has 0 aromatic heterocycles. The summed E-state index contributed by atoms with van der Waals surface area (Å²) in [5, 5.41) is 14.8. The quantitative estimate of drug-likeness (QED) is 0.263.